The van der Waals surface area contributed by atoms with Gasteiger partial charge in [-0.15, -0.1) is 5.10 Å². The molecule has 124 valence electrons. The number of carboxylic acid groups (broad SMARTS) is 1. The summed E-state index contributed by atoms with van der Waals surface area (Å²) < 4.78 is 6.73. The Hall–Kier alpha value is -2.64. The van der Waals surface area contributed by atoms with E-state index in [1.165, 1.54) is 4.68 Å². The molecule has 0 aliphatic carbocycles. The first-order valence-electron chi connectivity index (χ1n) is 7.47. The standard InChI is InChI=1S/C15H21N5O3/c1-4-23-13-6-5-10(8-11(13)16)14-17-18-19-20(14)12(15(21)22)7-9(2)3/h5-6,8-9,12H,4,7,16H2,1-3H3,(H,21,22). The molecule has 1 aromatic heterocycles. The number of tetrazole rings is 1. The Balaban J connectivity index is 2.40. The quantitative estimate of drug-likeness (QED) is 0.749. The summed E-state index contributed by atoms with van der Waals surface area (Å²) in [6.07, 6.45) is 0.430. The van der Waals surface area contributed by atoms with E-state index in [9.17, 15) is 9.90 Å². The Morgan fingerprint density at radius 3 is 2.74 bits per heavy atom. The minimum absolute atomic E-state index is 0.193. The van der Waals surface area contributed by atoms with Gasteiger partial charge < -0.3 is 15.6 Å². The summed E-state index contributed by atoms with van der Waals surface area (Å²) in [5.74, 6) is 0.171. The van der Waals surface area contributed by atoms with Gasteiger partial charge in [0, 0.05) is 5.56 Å². The van der Waals surface area contributed by atoms with E-state index in [1.54, 1.807) is 18.2 Å². The van der Waals surface area contributed by atoms with Crippen molar-refractivity contribution in [1.29, 1.82) is 0 Å². The van der Waals surface area contributed by atoms with E-state index in [4.69, 9.17) is 10.5 Å². The summed E-state index contributed by atoms with van der Waals surface area (Å²) in [6.45, 7) is 6.29. The highest BCUT2D eigenvalue weighted by Crippen LogP contribution is 2.29. The van der Waals surface area contributed by atoms with Gasteiger partial charge in [0.2, 0.25) is 0 Å². The van der Waals surface area contributed by atoms with Crippen LogP contribution in [0.25, 0.3) is 11.4 Å². The normalized spacial score (nSPS) is 12.3. The van der Waals surface area contributed by atoms with E-state index in [-0.39, 0.29) is 5.92 Å². The topological polar surface area (TPSA) is 116 Å². The van der Waals surface area contributed by atoms with Crippen LogP contribution in [-0.4, -0.2) is 37.9 Å². The number of hydrogen-bond acceptors (Lipinski definition) is 6. The molecule has 0 saturated heterocycles. The van der Waals surface area contributed by atoms with Crippen LogP contribution in [0.4, 0.5) is 5.69 Å². The van der Waals surface area contributed by atoms with Gasteiger partial charge in [0.15, 0.2) is 11.9 Å². The Bertz CT molecular complexity index is 684. The SMILES string of the molecule is CCOc1ccc(-c2nnnn2C(CC(C)C)C(=O)O)cc1N. The summed E-state index contributed by atoms with van der Waals surface area (Å²) in [7, 11) is 0. The summed E-state index contributed by atoms with van der Waals surface area (Å²) >= 11 is 0. The minimum Gasteiger partial charge on any atom is -0.492 e. The van der Waals surface area contributed by atoms with E-state index in [1.807, 2.05) is 20.8 Å². The first-order valence-corrected chi connectivity index (χ1v) is 7.47. The number of benzene rings is 1. The Kier molecular flexibility index (Phi) is 5.15. The molecule has 0 saturated carbocycles. The number of nitrogens with zero attached hydrogens (tertiary/aromatic N) is 4. The maximum Gasteiger partial charge on any atom is 0.328 e. The summed E-state index contributed by atoms with van der Waals surface area (Å²) in [5.41, 5.74) is 7.06. The Morgan fingerprint density at radius 1 is 1.43 bits per heavy atom. The maximum atomic E-state index is 11.6. The monoisotopic (exact) mass is 319 g/mol. The van der Waals surface area contributed by atoms with E-state index < -0.39 is 12.0 Å². The average Bonchev–Trinajstić information content (AvgIpc) is 2.95. The van der Waals surface area contributed by atoms with Gasteiger partial charge in [0.1, 0.15) is 5.75 Å². The Labute approximate surface area is 134 Å². The smallest absolute Gasteiger partial charge is 0.328 e. The minimum atomic E-state index is -0.967. The van der Waals surface area contributed by atoms with Crippen LogP contribution in [0.2, 0.25) is 0 Å². The molecule has 1 aromatic carbocycles. The zero-order valence-electron chi connectivity index (χ0n) is 13.4. The van der Waals surface area contributed by atoms with Crippen molar-refractivity contribution in [1.82, 2.24) is 20.2 Å². The van der Waals surface area contributed by atoms with Crippen molar-refractivity contribution in [3.05, 3.63) is 18.2 Å². The summed E-state index contributed by atoms with van der Waals surface area (Å²) in [6, 6.07) is 4.35. The number of carbonyl (C=O) groups is 1. The number of anilines is 1. The van der Waals surface area contributed by atoms with Gasteiger partial charge in [-0.05, 0) is 47.9 Å². The van der Waals surface area contributed by atoms with Crippen LogP contribution in [0.15, 0.2) is 18.2 Å². The second kappa shape index (κ2) is 7.08. The van der Waals surface area contributed by atoms with Crippen molar-refractivity contribution in [3.63, 3.8) is 0 Å². The second-order valence-electron chi connectivity index (χ2n) is 5.62. The lowest BCUT2D eigenvalue weighted by Crippen LogP contribution is -2.23. The Morgan fingerprint density at radius 2 is 2.17 bits per heavy atom. The predicted molar refractivity (Wildman–Crippen MR) is 85.0 cm³/mol. The van der Waals surface area contributed by atoms with Crippen molar-refractivity contribution < 1.29 is 14.6 Å². The van der Waals surface area contributed by atoms with Gasteiger partial charge in [-0.3, -0.25) is 0 Å². The van der Waals surface area contributed by atoms with Crippen molar-refractivity contribution in [2.75, 3.05) is 12.3 Å². The third-order valence-corrected chi connectivity index (χ3v) is 3.34. The molecule has 1 atom stereocenters. The van der Waals surface area contributed by atoms with Gasteiger partial charge in [-0.1, -0.05) is 13.8 Å². The van der Waals surface area contributed by atoms with Crippen molar-refractivity contribution in [2.45, 2.75) is 33.2 Å². The van der Waals surface area contributed by atoms with Crippen molar-refractivity contribution >= 4 is 11.7 Å². The fraction of sp³-hybridized carbons (Fsp3) is 0.467. The zero-order chi connectivity index (χ0) is 17.0. The molecule has 0 amide bonds. The summed E-state index contributed by atoms with van der Waals surface area (Å²) in [5, 5.41) is 20.9. The predicted octanol–water partition coefficient (Wildman–Crippen LogP) is 1.99. The molecule has 3 N–H and O–H groups in total. The number of nitrogens with two attached hydrogens (primary N) is 1. The molecule has 0 spiro atoms. The number of hydrogen-bond donors (Lipinski definition) is 2. The fourth-order valence-corrected chi connectivity index (χ4v) is 2.32. The van der Waals surface area contributed by atoms with Crippen LogP contribution >= 0.6 is 0 Å². The number of ether oxygens (including phenoxy) is 1. The third-order valence-electron chi connectivity index (χ3n) is 3.34. The molecule has 0 fully saturated rings. The van der Waals surface area contributed by atoms with Crippen molar-refractivity contribution in [2.24, 2.45) is 5.92 Å². The second-order valence-corrected chi connectivity index (χ2v) is 5.62. The summed E-state index contributed by atoms with van der Waals surface area (Å²) in [4.78, 5) is 11.6. The molecular weight excluding hydrogens is 298 g/mol. The van der Waals surface area contributed by atoms with Crippen LogP contribution < -0.4 is 10.5 Å². The lowest BCUT2D eigenvalue weighted by atomic mass is 10.0. The number of nitrogen functional groups attached to an aromatic ring is 1. The number of carboxylic acids is 1. The van der Waals surface area contributed by atoms with Gasteiger partial charge in [-0.2, -0.15) is 0 Å². The van der Waals surface area contributed by atoms with Crippen LogP contribution in [0.5, 0.6) is 5.75 Å². The first-order chi connectivity index (χ1) is 10.9. The third kappa shape index (κ3) is 3.77. The number of aromatic nitrogens is 4. The molecule has 0 radical (unpaired) electrons. The largest absolute Gasteiger partial charge is 0.492 e. The lowest BCUT2D eigenvalue weighted by Gasteiger charge is -2.16. The molecule has 0 aliphatic heterocycles. The van der Waals surface area contributed by atoms with Crippen LogP contribution in [-0.2, 0) is 4.79 Å². The first kappa shape index (κ1) is 16.7. The van der Waals surface area contributed by atoms with Crippen LogP contribution in [0, 0.1) is 5.92 Å². The van der Waals surface area contributed by atoms with Gasteiger partial charge in [-0.25, -0.2) is 9.48 Å². The molecule has 0 aliphatic rings. The van der Waals surface area contributed by atoms with E-state index in [0.29, 0.717) is 35.9 Å². The highest BCUT2D eigenvalue weighted by molar-refractivity contribution is 5.73. The van der Waals surface area contributed by atoms with E-state index in [0.717, 1.165) is 0 Å². The zero-order valence-corrected chi connectivity index (χ0v) is 13.4. The average molecular weight is 319 g/mol. The lowest BCUT2D eigenvalue weighted by molar-refractivity contribution is -0.141. The molecule has 1 heterocycles. The fourth-order valence-electron chi connectivity index (χ4n) is 2.32. The van der Waals surface area contributed by atoms with Gasteiger partial charge in [0.05, 0.1) is 12.3 Å². The molecule has 8 heteroatoms. The number of aliphatic carboxylic acids is 1. The van der Waals surface area contributed by atoms with Crippen molar-refractivity contribution in [3.8, 4) is 17.1 Å². The molecule has 2 rings (SSSR count). The van der Waals surface area contributed by atoms with E-state index >= 15 is 0 Å². The van der Waals surface area contributed by atoms with Gasteiger partial charge >= 0.3 is 5.97 Å². The molecule has 23 heavy (non-hydrogen) atoms. The molecule has 8 nitrogen and oxygen atoms in total. The highest BCUT2D eigenvalue weighted by atomic mass is 16.5. The van der Waals surface area contributed by atoms with Gasteiger partial charge in [0.25, 0.3) is 0 Å². The molecule has 1 unspecified atom stereocenters. The molecule has 2 aromatic rings. The maximum absolute atomic E-state index is 11.6. The molecular formula is C15H21N5O3. The van der Waals surface area contributed by atoms with Crippen LogP contribution in [0.3, 0.4) is 0 Å². The van der Waals surface area contributed by atoms with E-state index in [2.05, 4.69) is 15.5 Å². The highest BCUT2D eigenvalue weighted by Gasteiger charge is 2.26. The molecule has 0 bridgehead atoms. The number of rotatable bonds is 7. The van der Waals surface area contributed by atoms with Crippen LogP contribution in [0.1, 0.15) is 33.2 Å².